The number of hydrogen-bond donors (Lipinski definition) is 1. The van der Waals surface area contributed by atoms with E-state index in [2.05, 4.69) is 4.98 Å². The SMILES string of the molecule is CC(C)C(O)Cn1cnc(Cl)cc1=O. The largest absolute Gasteiger partial charge is 0.391 e. The van der Waals surface area contributed by atoms with Gasteiger partial charge < -0.3 is 5.11 Å². The molecule has 0 radical (unpaired) electrons. The number of halogens is 1. The molecule has 0 saturated carbocycles. The molecule has 0 spiro atoms. The van der Waals surface area contributed by atoms with Crippen molar-refractivity contribution in [3.63, 3.8) is 0 Å². The summed E-state index contributed by atoms with van der Waals surface area (Å²) < 4.78 is 1.34. The van der Waals surface area contributed by atoms with Crippen molar-refractivity contribution in [1.29, 1.82) is 0 Å². The van der Waals surface area contributed by atoms with E-state index in [0.29, 0.717) is 0 Å². The molecule has 1 aromatic heterocycles. The molecule has 0 aromatic carbocycles. The Kier molecular flexibility index (Phi) is 3.66. The minimum absolute atomic E-state index is 0.109. The van der Waals surface area contributed by atoms with Crippen molar-refractivity contribution in [2.24, 2.45) is 5.92 Å². The molecule has 4 nitrogen and oxygen atoms in total. The lowest BCUT2D eigenvalue weighted by Gasteiger charge is -2.15. The van der Waals surface area contributed by atoms with Crippen molar-refractivity contribution in [3.8, 4) is 0 Å². The Hall–Kier alpha value is -0.870. The first-order chi connectivity index (χ1) is 6.50. The Balaban J connectivity index is 2.82. The highest BCUT2D eigenvalue weighted by Gasteiger charge is 2.10. The van der Waals surface area contributed by atoms with Crippen LogP contribution in [0.5, 0.6) is 0 Å². The van der Waals surface area contributed by atoms with Crippen LogP contribution in [0.4, 0.5) is 0 Å². The Morgan fingerprint density at radius 2 is 2.29 bits per heavy atom. The summed E-state index contributed by atoms with van der Waals surface area (Å²) in [6, 6.07) is 1.23. The summed E-state index contributed by atoms with van der Waals surface area (Å²) in [6.07, 6.45) is 0.798. The van der Waals surface area contributed by atoms with Gasteiger partial charge in [0.15, 0.2) is 0 Å². The third kappa shape index (κ3) is 2.82. The van der Waals surface area contributed by atoms with Crippen LogP contribution in [0.15, 0.2) is 17.2 Å². The molecule has 0 aliphatic rings. The average molecular weight is 217 g/mol. The van der Waals surface area contributed by atoms with Gasteiger partial charge in [0.2, 0.25) is 0 Å². The third-order valence-corrected chi connectivity index (χ3v) is 2.21. The lowest BCUT2D eigenvalue weighted by Crippen LogP contribution is -2.29. The molecule has 1 rings (SSSR count). The zero-order valence-corrected chi connectivity index (χ0v) is 8.90. The number of aliphatic hydroxyl groups is 1. The van der Waals surface area contributed by atoms with Gasteiger partial charge in [-0.15, -0.1) is 0 Å². The van der Waals surface area contributed by atoms with Crippen LogP contribution in [-0.2, 0) is 6.54 Å². The minimum atomic E-state index is -0.546. The lowest BCUT2D eigenvalue weighted by molar-refractivity contribution is 0.105. The van der Waals surface area contributed by atoms with Gasteiger partial charge in [-0.25, -0.2) is 4.98 Å². The summed E-state index contributed by atoms with van der Waals surface area (Å²) in [5, 5.41) is 9.72. The topological polar surface area (TPSA) is 55.1 Å². The highest BCUT2D eigenvalue weighted by atomic mass is 35.5. The van der Waals surface area contributed by atoms with Gasteiger partial charge >= 0.3 is 0 Å². The molecule has 0 aliphatic carbocycles. The molecule has 1 heterocycles. The van der Waals surface area contributed by atoms with Crippen LogP contribution < -0.4 is 5.56 Å². The number of hydrogen-bond acceptors (Lipinski definition) is 3. The van der Waals surface area contributed by atoms with Gasteiger partial charge in [-0.2, -0.15) is 0 Å². The van der Waals surface area contributed by atoms with Gasteiger partial charge in [0.25, 0.3) is 5.56 Å². The summed E-state index contributed by atoms with van der Waals surface area (Å²) in [5.74, 6) is 0.109. The molecule has 1 aromatic rings. The van der Waals surface area contributed by atoms with E-state index in [1.165, 1.54) is 17.0 Å². The molecular formula is C9H13ClN2O2. The molecule has 0 bridgehead atoms. The maximum Gasteiger partial charge on any atom is 0.254 e. The van der Waals surface area contributed by atoms with Gasteiger partial charge in [0, 0.05) is 6.07 Å². The molecule has 78 valence electrons. The Labute approximate surface area is 87.2 Å². The van der Waals surface area contributed by atoms with Crippen LogP contribution in [0, 0.1) is 5.92 Å². The quantitative estimate of drug-likeness (QED) is 0.765. The highest BCUT2D eigenvalue weighted by molar-refractivity contribution is 6.29. The van der Waals surface area contributed by atoms with E-state index in [4.69, 9.17) is 11.6 Å². The van der Waals surface area contributed by atoms with Crippen LogP contribution in [0.1, 0.15) is 13.8 Å². The van der Waals surface area contributed by atoms with E-state index in [-0.39, 0.29) is 23.2 Å². The number of rotatable bonds is 3. The Morgan fingerprint density at radius 1 is 1.64 bits per heavy atom. The van der Waals surface area contributed by atoms with Crippen molar-refractivity contribution < 1.29 is 5.11 Å². The predicted molar refractivity (Wildman–Crippen MR) is 54.4 cm³/mol. The average Bonchev–Trinajstić information content (AvgIpc) is 2.09. The lowest BCUT2D eigenvalue weighted by atomic mass is 10.1. The monoisotopic (exact) mass is 216 g/mol. The van der Waals surface area contributed by atoms with Gasteiger partial charge in [-0.05, 0) is 5.92 Å². The van der Waals surface area contributed by atoms with Crippen molar-refractivity contribution in [2.75, 3.05) is 0 Å². The predicted octanol–water partition coefficient (Wildman–Crippen LogP) is 0.914. The highest BCUT2D eigenvalue weighted by Crippen LogP contribution is 2.03. The van der Waals surface area contributed by atoms with Crippen LogP contribution >= 0.6 is 11.6 Å². The summed E-state index contributed by atoms with van der Waals surface area (Å²) in [6.45, 7) is 4.03. The Morgan fingerprint density at radius 3 is 2.79 bits per heavy atom. The molecular weight excluding hydrogens is 204 g/mol. The summed E-state index contributed by atoms with van der Waals surface area (Å²) >= 11 is 5.53. The van der Waals surface area contributed by atoms with Crippen molar-refractivity contribution >= 4 is 11.6 Å². The van der Waals surface area contributed by atoms with Crippen molar-refractivity contribution in [3.05, 3.63) is 27.9 Å². The summed E-state index contributed by atoms with van der Waals surface area (Å²) in [5.41, 5.74) is -0.246. The van der Waals surface area contributed by atoms with Crippen molar-refractivity contribution in [2.45, 2.75) is 26.5 Å². The van der Waals surface area contributed by atoms with Crippen LogP contribution in [0.2, 0.25) is 5.15 Å². The zero-order valence-electron chi connectivity index (χ0n) is 8.14. The molecule has 1 unspecified atom stereocenters. The van der Waals surface area contributed by atoms with Gasteiger partial charge in [-0.1, -0.05) is 25.4 Å². The maximum absolute atomic E-state index is 11.3. The fourth-order valence-electron chi connectivity index (χ4n) is 0.953. The van der Waals surface area contributed by atoms with E-state index in [1.54, 1.807) is 0 Å². The maximum atomic E-state index is 11.3. The molecule has 1 atom stereocenters. The molecule has 14 heavy (non-hydrogen) atoms. The second-order valence-corrected chi connectivity index (χ2v) is 3.90. The van der Waals surface area contributed by atoms with Gasteiger partial charge in [-0.3, -0.25) is 9.36 Å². The fraction of sp³-hybridized carbons (Fsp3) is 0.556. The van der Waals surface area contributed by atoms with E-state index in [9.17, 15) is 9.90 Å². The summed E-state index contributed by atoms with van der Waals surface area (Å²) in [4.78, 5) is 15.1. The molecule has 5 heteroatoms. The van der Waals surface area contributed by atoms with Gasteiger partial charge in [0.1, 0.15) is 5.15 Å². The standard InChI is InChI=1S/C9H13ClN2O2/c1-6(2)7(13)4-12-5-11-8(10)3-9(12)14/h3,5-7,13H,4H2,1-2H3. The zero-order chi connectivity index (χ0) is 10.7. The van der Waals surface area contributed by atoms with Crippen LogP contribution in [0.25, 0.3) is 0 Å². The van der Waals surface area contributed by atoms with E-state index >= 15 is 0 Å². The molecule has 0 aliphatic heterocycles. The summed E-state index contributed by atoms with van der Waals surface area (Å²) in [7, 11) is 0. The smallest absolute Gasteiger partial charge is 0.254 e. The first-order valence-electron chi connectivity index (χ1n) is 4.40. The first-order valence-corrected chi connectivity index (χ1v) is 4.78. The first kappa shape index (κ1) is 11.2. The number of aromatic nitrogens is 2. The van der Waals surface area contributed by atoms with E-state index in [1.807, 2.05) is 13.8 Å². The normalized spacial score (nSPS) is 13.2. The van der Waals surface area contributed by atoms with Gasteiger partial charge in [0.05, 0.1) is 19.0 Å². The molecule has 0 fully saturated rings. The van der Waals surface area contributed by atoms with Crippen LogP contribution in [-0.4, -0.2) is 20.8 Å². The number of aliphatic hydroxyl groups excluding tert-OH is 1. The second kappa shape index (κ2) is 4.57. The molecule has 0 saturated heterocycles. The minimum Gasteiger partial charge on any atom is -0.391 e. The van der Waals surface area contributed by atoms with E-state index in [0.717, 1.165) is 0 Å². The molecule has 0 amide bonds. The third-order valence-electron chi connectivity index (χ3n) is 2.00. The molecule has 1 N–H and O–H groups in total. The van der Waals surface area contributed by atoms with E-state index < -0.39 is 6.10 Å². The Bertz CT molecular complexity index is 362. The fourth-order valence-corrected chi connectivity index (χ4v) is 1.09. The van der Waals surface area contributed by atoms with Crippen LogP contribution in [0.3, 0.4) is 0 Å². The second-order valence-electron chi connectivity index (χ2n) is 3.51. The van der Waals surface area contributed by atoms with Crippen molar-refractivity contribution in [1.82, 2.24) is 9.55 Å². The number of nitrogens with zero attached hydrogens (tertiary/aromatic N) is 2.